The summed E-state index contributed by atoms with van der Waals surface area (Å²) < 4.78 is 0. The molecule has 0 radical (unpaired) electrons. The van der Waals surface area contributed by atoms with Crippen molar-refractivity contribution in [2.75, 3.05) is 6.61 Å². The summed E-state index contributed by atoms with van der Waals surface area (Å²) in [5.74, 6) is 0.821. The normalized spacial score (nSPS) is 10.8. The van der Waals surface area contributed by atoms with Crippen LogP contribution in [0.5, 0.6) is 0 Å². The molecule has 90 valence electrons. The highest BCUT2D eigenvalue weighted by atomic mass is 32.1. The van der Waals surface area contributed by atoms with E-state index in [0.29, 0.717) is 6.42 Å². The lowest BCUT2D eigenvalue weighted by Gasteiger charge is -2.05. The molecule has 0 aliphatic carbocycles. The van der Waals surface area contributed by atoms with Crippen molar-refractivity contribution < 1.29 is 5.11 Å². The van der Waals surface area contributed by atoms with Gasteiger partial charge in [0.2, 0.25) is 0 Å². The number of rotatable bonds is 4. The highest BCUT2D eigenvalue weighted by Crippen LogP contribution is 2.27. The van der Waals surface area contributed by atoms with Gasteiger partial charge in [0.15, 0.2) is 0 Å². The molecular formula is C13H16N2OS. The fourth-order valence-electron chi connectivity index (χ4n) is 1.73. The van der Waals surface area contributed by atoms with E-state index >= 15 is 0 Å². The van der Waals surface area contributed by atoms with E-state index in [-0.39, 0.29) is 6.61 Å². The molecule has 2 rings (SSSR count). The second-order valence-corrected chi connectivity index (χ2v) is 4.99. The smallest absolute Gasteiger partial charge is 0.129 e. The van der Waals surface area contributed by atoms with Gasteiger partial charge in [-0.25, -0.2) is 9.97 Å². The molecule has 0 bridgehead atoms. The molecule has 2 heterocycles. The van der Waals surface area contributed by atoms with Gasteiger partial charge >= 0.3 is 0 Å². The van der Waals surface area contributed by atoms with Crippen LogP contribution in [-0.4, -0.2) is 21.7 Å². The maximum atomic E-state index is 8.84. The number of hydrogen-bond acceptors (Lipinski definition) is 4. The zero-order chi connectivity index (χ0) is 12.3. The van der Waals surface area contributed by atoms with Crippen molar-refractivity contribution in [1.82, 2.24) is 9.97 Å². The average molecular weight is 248 g/mol. The minimum atomic E-state index is 0.185. The fraction of sp³-hybridized carbons (Fsp3) is 0.385. The average Bonchev–Trinajstić information content (AvgIpc) is 2.72. The van der Waals surface area contributed by atoms with E-state index in [4.69, 9.17) is 5.11 Å². The van der Waals surface area contributed by atoms with Crippen molar-refractivity contribution in [3.8, 4) is 10.6 Å². The lowest BCUT2D eigenvalue weighted by Crippen LogP contribution is -2.00. The number of aryl methyl sites for hydroxylation is 3. The van der Waals surface area contributed by atoms with E-state index in [1.54, 1.807) is 11.3 Å². The second-order valence-electron chi connectivity index (χ2n) is 4.07. The molecule has 0 saturated heterocycles. The molecular weight excluding hydrogens is 232 g/mol. The minimum Gasteiger partial charge on any atom is -0.396 e. The standard InChI is InChI=1S/C13H16N2OS/c1-9-5-7-17-13(9)11-8-10(2)14-12(15-11)4-3-6-16/h5,7-8,16H,3-4,6H2,1-2H3. The molecule has 17 heavy (non-hydrogen) atoms. The number of hydrogen-bond donors (Lipinski definition) is 1. The van der Waals surface area contributed by atoms with Crippen molar-refractivity contribution in [3.63, 3.8) is 0 Å². The molecule has 1 N–H and O–H groups in total. The predicted molar refractivity (Wildman–Crippen MR) is 70.2 cm³/mol. The zero-order valence-electron chi connectivity index (χ0n) is 10.1. The van der Waals surface area contributed by atoms with Crippen LogP contribution in [0.15, 0.2) is 17.5 Å². The quantitative estimate of drug-likeness (QED) is 0.905. The van der Waals surface area contributed by atoms with Gasteiger partial charge < -0.3 is 5.11 Å². The summed E-state index contributed by atoms with van der Waals surface area (Å²) in [7, 11) is 0. The van der Waals surface area contributed by atoms with Gasteiger partial charge in [-0.15, -0.1) is 11.3 Å². The van der Waals surface area contributed by atoms with Gasteiger partial charge in [-0.2, -0.15) is 0 Å². The Balaban J connectivity index is 2.35. The van der Waals surface area contributed by atoms with Crippen LogP contribution < -0.4 is 0 Å². The third-order valence-electron chi connectivity index (χ3n) is 2.55. The van der Waals surface area contributed by atoms with Gasteiger partial charge in [-0.3, -0.25) is 0 Å². The SMILES string of the molecule is Cc1cc(-c2sccc2C)nc(CCCO)n1. The van der Waals surface area contributed by atoms with Crippen molar-refractivity contribution in [2.45, 2.75) is 26.7 Å². The van der Waals surface area contributed by atoms with Gasteiger partial charge in [-0.1, -0.05) is 0 Å². The molecule has 0 aromatic carbocycles. The van der Waals surface area contributed by atoms with Gasteiger partial charge in [-0.05, 0) is 43.3 Å². The van der Waals surface area contributed by atoms with Crippen LogP contribution >= 0.6 is 11.3 Å². The summed E-state index contributed by atoms with van der Waals surface area (Å²) in [5.41, 5.74) is 3.23. The van der Waals surface area contributed by atoms with Crippen LogP contribution in [0.4, 0.5) is 0 Å². The van der Waals surface area contributed by atoms with Crippen LogP contribution in [0.25, 0.3) is 10.6 Å². The molecule has 0 unspecified atom stereocenters. The Morgan fingerprint density at radius 3 is 2.76 bits per heavy atom. The highest BCUT2D eigenvalue weighted by molar-refractivity contribution is 7.13. The van der Waals surface area contributed by atoms with E-state index in [9.17, 15) is 0 Å². The van der Waals surface area contributed by atoms with Crippen molar-refractivity contribution >= 4 is 11.3 Å². The lowest BCUT2D eigenvalue weighted by atomic mass is 10.2. The Bertz CT molecular complexity index is 508. The number of aliphatic hydroxyl groups is 1. The summed E-state index contributed by atoms with van der Waals surface area (Å²) in [5, 5.41) is 10.9. The van der Waals surface area contributed by atoms with Crippen LogP contribution in [0, 0.1) is 13.8 Å². The molecule has 4 heteroatoms. The Labute approximate surface area is 105 Å². The van der Waals surface area contributed by atoms with Crippen molar-refractivity contribution in [2.24, 2.45) is 0 Å². The van der Waals surface area contributed by atoms with E-state index < -0.39 is 0 Å². The molecule has 0 aliphatic heterocycles. The zero-order valence-corrected chi connectivity index (χ0v) is 10.9. The van der Waals surface area contributed by atoms with Gasteiger partial charge in [0.1, 0.15) is 5.82 Å². The lowest BCUT2D eigenvalue weighted by molar-refractivity contribution is 0.287. The third-order valence-corrected chi connectivity index (χ3v) is 3.59. The summed E-state index contributed by atoms with van der Waals surface area (Å²) >= 11 is 1.70. The van der Waals surface area contributed by atoms with E-state index in [1.165, 1.54) is 10.4 Å². The van der Waals surface area contributed by atoms with Gasteiger partial charge in [0.05, 0.1) is 10.6 Å². The molecule has 3 nitrogen and oxygen atoms in total. The fourth-order valence-corrected chi connectivity index (χ4v) is 2.62. The van der Waals surface area contributed by atoms with Crippen LogP contribution in [0.2, 0.25) is 0 Å². The summed E-state index contributed by atoms with van der Waals surface area (Å²) in [6.45, 7) is 4.26. The maximum absolute atomic E-state index is 8.84. The molecule has 2 aromatic heterocycles. The summed E-state index contributed by atoms with van der Waals surface area (Å²) in [4.78, 5) is 10.2. The molecule has 0 saturated carbocycles. The highest BCUT2D eigenvalue weighted by Gasteiger charge is 2.08. The van der Waals surface area contributed by atoms with Gasteiger partial charge in [0.25, 0.3) is 0 Å². The number of thiophene rings is 1. The maximum Gasteiger partial charge on any atom is 0.129 e. The van der Waals surface area contributed by atoms with Crippen LogP contribution in [0.3, 0.4) is 0 Å². The van der Waals surface area contributed by atoms with E-state index in [2.05, 4.69) is 28.3 Å². The molecule has 2 aromatic rings. The second kappa shape index (κ2) is 5.38. The first-order valence-corrected chi connectivity index (χ1v) is 6.58. The third kappa shape index (κ3) is 2.90. The predicted octanol–water partition coefficient (Wildman–Crippen LogP) is 2.75. The first kappa shape index (κ1) is 12.2. The summed E-state index contributed by atoms with van der Waals surface area (Å²) in [6.07, 6.45) is 1.45. The number of nitrogens with zero attached hydrogens (tertiary/aromatic N) is 2. The van der Waals surface area contributed by atoms with Crippen molar-refractivity contribution in [1.29, 1.82) is 0 Å². The topological polar surface area (TPSA) is 46.0 Å². The van der Waals surface area contributed by atoms with Crippen molar-refractivity contribution in [3.05, 3.63) is 34.6 Å². The number of aliphatic hydroxyl groups excluding tert-OH is 1. The molecule has 0 fully saturated rings. The Morgan fingerprint density at radius 2 is 2.12 bits per heavy atom. The largest absolute Gasteiger partial charge is 0.396 e. The first-order chi connectivity index (χ1) is 8.20. The molecule has 0 amide bonds. The number of aromatic nitrogens is 2. The van der Waals surface area contributed by atoms with E-state index in [1.807, 2.05) is 13.0 Å². The Kier molecular flexibility index (Phi) is 3.86. The Hall–Kier alpha value is -1.26. The molecule has 0 atom stereocenters. The van der Waals surface area contributed by atoms with Gasteiger partial charge in [0, 0.05) is 18.7 Å². The molecule has 0 aliphatic rings. The van der Waals surface area contributed by atoms with Crippen LogP contribution in [-0.2, 0) is 6.42 Å². The first-order valence-electron chi connectivity index (χ1n) is 5.70. The van der Waals surface area contributed by atoms with Crippen LogP contribution in [0.1, 0.15) is 23.5 Å². The Morgan fingerprint density at radius 1 is 1.29 bits per heavy atom. The molecule has 0 spiro atoms. The van der Waals surface area contributed by atoms with E-state index in [0.717, 1.165) is 23.6 Å². The minimum absolute atomic E-state index is 0.185. The monoisotopic (exact) mass is 248 g/mol. The summed E-state index contributed by atoms with van der Waals surface area (Å²) in [6, 6.07) is 4.12.